The van der Waals surface area contributed by atoms with Crippen LogP contribution in [0.5, 0.6) is 0 Å². The predicted octanol–water partition coefficient (Wildman–Crippen LogP) is 0.168. The Labute approximate surface area is 73.3 Å². The van der Waals surface area contributed by atoms with Crippen molar-refractivity contribution in [2.45, 2.75) is 0 Å². The zero-order valence-corrected chi connectivity index (χ0v) is 6.64. The first-order valence-electron chi connectivity index (χ1n) is 3.65. The van der Waals surface area contributed by atoms with Crippen LogP contribution in [0.4, 0.5) is 5.69 Å². The number of hydrogen-bond acceptors (Lipinski definition) is 4. The van der Waals surface area contributed by atoms with Gasteiger partial charge in [0.1, 0.15) is 5.69 Å². The maximum atomic E-state index is 11.1. The van der Waals surface area contributed by atoms with Gasteiger partial charge in [0.2, 0.25) is 5.43 Å². The van der Waals surface area contributed by atoms with E-state index in [-0.39, 0.29) is 11.1 Å². The zero-order valence-electron chi connectivity index (χ0n) is 6.64. The summed E-state index contributed by atoms with van der Waals surface area (Å²) < 4.78 is 0. The van der Waals surface area contributed by atoms with E-state index in [4.69, 9.17) is 5.73 Å². The van der Waals surface area contributed by atoms with Crippen LogP contribution >= 0.6 is 0 Å². The molecule has 0 aromatic rings. The van der Waals surface area contributed by atoms with Gasteiger partial charge in [0.25, 0.3) is 0 Å². The lowest BCUT2D eigenvalue weighted by atomic mass is 10.1. The van der Waals surface area contributed by atoms with E-state index in [1.807, 2.05) is 0 Å². The van der Waals surface area contributed by atoms with E-state index in [9.17, 15) is 10.0 Å². The molecule has 0 radical (unpaired) electrons. The molecule has 0 aromatic heterocycles. The van der Waals surface area contributed by atoms with E-state index in [0.29, 0.717) is 16.1 Å². The number of hydrogen-bond donors (Lipinski definition) is 2. The van der Waals surface area contributed by atoms with Crippen molar-refractivity contribution in [3.8, 4) is 11.3 Å². The van der Waals surface area contributed by atoms with Gasteiger partial charge in [-0.25, -0.2) is 0 Å². The second kappa shape index (κ2) is 2.48. The smallest absolute Gasteiger partial charge is 0.203 e. The van der Waals surface area contributed by atoms with E-state index >= 15 is 0 Å². The van der Waals surface area contributed by atoms with Crippen LogP contribution in [0.2, 0.25) is 0 Å². The molecule has 0 fully saturated rings. The fraction of sp³-hybridized carbons (Fsp3) is 0. The van der Waals surface area contributed by atoms with Crippen molar-refractivity contribution in [1.29, 1.82) is 0 Å². The van der Waals surface area contributed by atoms with Gasteiger partial charge >= 0.3 is 0 Å². The highest BCUT2D eigenvalue weighted by molar-refractivity contribution is 5.65. The highest BCUT2D eigenvalue weighted by Crippen LogP contribution is 2.18. The first-order valence-corrected chi connectivity index (χ1v) is 3.65. The summed E-state index contributed by atoms with van der Waals surface area (Å²) in [4.78, 5) is 11.8. The summed E-state index contributed by atoms with van der Waals surface area (Å²) in [6.45, 7) is 0. The van der Waals surface area contributed by atoms with Gasteiger partial charge in [-0.05, 0) is 12.1 Å². The van der Waals surface area contributed by atoms with E-state index in [1.165, 1.54) is 18.3 Å². The Morgan fingerprint density at radius 3 is 3.00 bits per heavy atom. The van der Waals surface area contributed by atoms with Gasteiger partial charge in [-0.1, -0.05) is 0 Å². The molecule has 66 valence electrons. The number of anilines is 1. The third-order valence-electron chi connectivity index (χ3n) is 1.80. The van der Waals surface area contributed by atoms with Crippen LogP contribution in [-0.4, -0.2) is 15.2 Å². The van der Waals surface area contributed by atoms with E-state index in [1.54, 1.807) is 6.07 Å². The van der Waals surface area contributed by atoms with Gasteiger partial charge in [-0.2, -0.15) is 0 Å². The van der Waals surface area contributed by atoms with Gasteiger partial charge in [-0.3, -0.25) is 4.79 Å². The predicted molar refractivity (Wildman–Crippen MR) is 46.7 cm³/mol. The second-order valence-electron chi connectivity index (χ2n) is 2.67. The molecule has 1 aliphatic carbocycles. The molecule has 0 atom stereocenters. The molecule has 1 heterocycles. The van der Waals surface area contributed by atoms with Crippen molar-refractivity contribution < 1.29 is 5.21 Å². The van der Waals surface area contributed by atoms with Crippen LogP contribution in [0.15, 0.2) is 29.2 Å². The number of nitrogen functional groups attached to an aromatic ring is 1. The molecule has 0 spiro atoms. The van der Waals surface area contributed by atoms with Gasteiger partial charge in [0.15, 0.2) is 0 Å². The Bertz CT molecular complexity index is 478. The van der Waals surface area contributed by atoms with Crippen LogP contribution < -0.4 is 11.2 Å². The Balaban J connectivity index is 2.89. The Kier molecular flexibility index (Phi) is 1.45. The standard InChI is InChI=1S/C8H7N3O2/c9-6-3-5-1-2-10-11(13)7(5)4-8(6)12/h1-4,13H,9H2. The summed E-state index contributed by atoms with van der Waals surface area (Å²) >= 11 is 0. The lowest BCUT2D eigenvalue weighted by Crippen LogP contribution is -2.12. The molecule has 5 nitrogen and oxygen atoms in total. The lowest BCUT2D eigenvalue weighted by molar-refractivity contribution is 0.148. The van der Waals surface area contributed by atoms with Crippen LogP contribution in [-0.2, 0) is 0 Å². The monoisotopic (exact) mass is 177 g/mol. The molecule has 2 rings (SSSR count). The Morgan fingerprint density at radius 1 is 1.46 bits per heavy atom. The number of nitrogens with zero attached hydrogens (tertiary/aromatic N) is 2. The molecular formula is C8H7N3O2. The molecule has 5 heteroatoms. The van der Waals surface area contributed by atoms with Crippen molar-refractivity contribution in [2.24, 2.45) is 0 Å². The van der Waals surface area contributed by atoms with E-state index < -0.39 is 0 Å². The van der Waals surface area contributed by atoms with Gasteiger partial charge in [0, 0.05) is 11.6 Å². The normalized spacial score (nSPS) is 10.5. The highest BCUT2D eigenvalue weighted by atomic mass is 16.5. The molecule has 0 saturated carbocycles. The van der Waals surface area contributed by atoms with Crippen LogP contribution in [0, 0.1) is 0 Å². The van der Waals surface area contributed by atoms with Gasteiger partial charge < -0.3 is 10.9 Å². The molecule has 0 unspecified atom stereocenters. The summed E-state index contributed by atoms with van der Waals surface area (Å²) in [5.41, 5.74) is 6.29. The van der Waals surface area contributed by atoms with E-state index in [2.05, 4.69) is 5.10 Å². The lowest BCUT2D eigenvalue weighted by Gasteiger charge is -2.07. The number of benzene rings is 1. The van der Waals surface area contributed by atoms with Crippen LogP contribution in [0.1, 0.15) is 0 Å². The number of fused-ring (bicyclic) bond motifs is 1. The highest BCUT2D eigenvalue weighted by Gasteiger charge is 2.08. The van der Waals surface area contributed by atoms with Crippen molar-refractivity contribution >= 4 is 5.69 Å². The Hall–Kier alpha value is -2.04. The van der Waals surface area contributed by atoms with Crippen LogP contribution in [0.3, 0.4) is 0 Å². The summed E-state index contributed by atoms with van der Waals surface area (Å²) in [6, 6.07) is 4.42. The average molecular weight is 177 g/mol. The van der Waals surface area contributed by atoms with Gasteiger partial charge in [0.05, 0.1) is 11.9 Å². The minimum Gasteiger partial charge on any atom is -0.411 e. The van der Waals surface area contributed by atoms with Crippen molar-refractivity contribution in [2.75, 3.05) is 5.73 Å². The topological polar surface area (TPSA) is 81.1 Å². The SMILES string of the molecule is Nc1cc2ccnn(O)c-2cc1=O. The molecule has 1 aliphatic heterocycles. The summed E-state index contributed by atoms with van der Waals surface area (Å²) in [7, 11) is 0. The second-order valence-corrected chi connectivity index (χ2v) is 2.67. The molecule has 2 aliphatic rings. The van der Waals surface area contributed by atoms with Crippen molar-refractivity contribution in [3.63, 3.8) is 0 Å². The molecule has 13 heavy (non-hydrogen) atoms. The fourth-order valence-corrected chi connectivity index (χ4v) is 1.15. The molecule has 0 aromatic carbocycles. The maximum absolute atomic E-state index is 11.1. The van der Waals surface area contributed by atoms with Crippen molar-refractivity contribution in [3.05, 3.63) is 34.6 Å². The number of rotatable bonds is 0. The first kappa shape index (κ1) is 7.60. The first-order chi connectivity index (χ1) is 6.18. The summed E-state index contributed by atoms with van der Waals surface area (Å²) in [5.74, 6) is 0. The number of aromatic nitrogens is 2. The molecular weight excluding hydrogens is 170 g/mol. The number of nitrogens with two attached hydrogens (primary N) is 1. The Morgan fingerprint density at radius 2 is 2.23 bits per heavy atom. The maximum Gasteiger partial charge on any atom is 0.203 e. The fourth-order valence-electron chi connectivity index (χ4n) is 1.15. The van der Waals surface area contributed by atoms with Crippen molar-refractivity contribution in [1.82, 2.24) is 9.94 Å². The molecule has 0 saturated heterocycles. The minimum atomic E-state index is -0.316. The minimum absolute atomic E-state index is 0.165. The van der Waals surface area contributed by atoms with Gasteiger partial charge in [-0.15, -0.1) is 9.94 Å². The molecule has 0 bridgehead atoms. The largest absolute Gasteiger partial charge is 0.411 e. The molecule has 3 N–H and O–H groups in total. The zero-order chi connectivity index (χ0) is 9.42. The third-order valence-corrected chi connectivity index (χ3v) is 1.80. The third kappa shape index (κ3) is 1.10. The quantitative estimate of drug-likeness (QED) is 0.444. The van der Waals surface area contributed by atoms with Crippen LogP contribution in [0.25, 0.3) is 11.3 Å². The molecule has 0 amide bonds. The summed E-state index contributed by atoms with van der Waals surface area (Å²) in [6.07, 6.45) is 1.42. The van der Waals surface area contributed by atoms with E-state index in [0.717, 1.165) is 0 Å². The summed E-state index contributed by atoms with van der Waals surface area (Å²) in [5, 5.41) is 12.8. The average Bonchev–Trinajstić information content (AvgIpc) is 2.09.